The molecule has 3 aromatic rings. The Morgan fingerprint density at radius 2 is 1.81 bits per heavy atom. The molecular weight excluding hydrogens is 338 g/mol. The molecule has 2 N–H and O–H groups in total. The highest BCUT2D eigenvalue weighted by atomic mass is 16.5. The number of nitrogens with zero attached hydrogens (tertiary/aromatic N) is 3. The Morgan fingerprint density at radius 1 is 0.963 bits per heavy atom. The van der Waals surface area contributed by atoms with Gasteiger partial charge in [0.25, 0.3) is 0 Å². The molecule has 0 radical (unpaired) electrons. The van der Waals surface area contributed by atoms with Crippen molar-refractivity contribution < 1.29 is 4.74 Å². The Kier molecular flexibility index (Phi) is 5.16. The van der Waals surface area contributed by atoms with Crippen LogP contribution < -0.4 is 15.5 Å². The third-order valence-corrected chi connectivity index (χ3v) is 4.45. The van der Waals surface area contributed by atoms with Crippen molar-refractivity contribution in [3.63, 3.8) is 0 Å². The van der Waals surface area contributed by atoms with E-state index in [1.54, 1.807) is 6.20 Å². The summed E-state index contributed by atoms with van der Waals surface area (Å²) >= 11 is 0. The van der Waals surface area contributed by atoms with E-state index < -0.39 is 0 Å². The van der Waals surface area contributed by atoms with Gasteiger partial charge in [-0.1, -0.05) is 24.3 Å². The van der Waals surface area contributed by atoms with Crippen LogP contribution in [0.5, 0.6) is 0 Å². The maximum Gasteiger partial charge on any atom is 0.229 e. The average Bonchev–Trinajstić information content (AvgIpc) is 2.69. The number of morpholine rings is 1. The topological polar surface area (TPSA) is 62.3 Å². The molecule has 0 saturated carbocycles. The maximum absolute atomic E-state index is 5.46. The van der Waals surface area contributed by atoms with Crippen LogP contribution in [0.1, 0.15) is 5.56 Å². The molecule has 0 unspecified atom stereocenters. The first-order valence-electron chi connectivity index (χ1n) is 9.13. The SMILES string of the molecule is Cc1cccc(Nc2ccnc(Nc3ccccc3N3CCOCC3)n2)c1. The minimum Gasteiger partial charge on any atom is -0.378 e. The van der Waals surface area contributed by atoms with Crippen LogP contribution in [0.4, 0.5) is 28.8 Å². The normalized spacial score (nSPS) is 14.0. The molecule has 4 rings (SSSR count). The predicted octanol–water partition coefficient (Wildman–Crippen LogP) is 4.11. The number of para-hydroxylation sites is 2. The Bertz CT molecular complexity index is 908. The van der Waals surface area contributed by atoms with Gasteiger partial charge in [0.05, 0.1) is 24.6 Å². The molecule has 27 heavy (non-hydrogen) atoms. The van der Waals surface area contributed by atoms with Crippen molar-refractivity contribution in [1.29, 1.82) is 0 Å². The molecule has 0 bridgehead atoms. The van der Waals surface area contributed by atoms with E-state index in [2.05, 4.69) is 56.7 Å². The highest BCUT2D eigenvalue weighted by molar-refractivity contribution is 5.74. The molecule has 6 nitrogen and oxygen atoms in total. The lowest BCUT2D eigenvalue weighted by molar-refractivity contribution is 0.123. The summed E-state index contributed by atoms with van der Waals surface area (Å²) in [6.45, 7) is 5.34. The van der Waals surface area contributed by atoms with Crippen molar-refractivity contribution in [3.05, 3.63) is 66.4 Å². The molecule has 2 aromatic carbocycles. The van der Waals surface area contributed by atoms with Gasteiger partial charge in [-0.25, -0.2) is 4.98 Å². The summed E-state index contributed by atoms with van der Waals surface area (Å²) in [6.07, 6.45) is 1.75. The number of ether oxygens (including phenoxy) is 1. The second-order valence-corrected chi connectivity index (χ2v) is 6.50. The fourth-order valence-electron chi connectivity index (χ4n) is 3.14. The summed E-state index contributed by atoms with van der Waals surface area (Å²) in [5.41, 5.74) is 4.34. The smallest absolute Gasteiger partial charge is 0.229 e. The van der Waals surface area contributed by atoms with Crippen molar-refractivity contribution in [3.8, 4) is 0 Å². The van der Waals surface area contributed by atoms with Gasteiger partial charge < -0.3 is 20.3 Å². The second-order valence-electron chi connectivity index (χ2n) is 6.50. The molecule has 1 aromatic heterocycles. The van der Waals surface area contributed by atoms with Crippen LogP contribution in [-0.2, 0) is 4.74 Å². The fraction of sp³-hybridized carbons (Fsp3) is 0.238. The summed E-state index contributed by atoms with van der Waals surface area (Å²) in [5.74, 6) is 1.32. The van der Waals surface area contributed by atoms with E-state index in [-0.39, 0.29) is 0 Å². The standard InChI is InChI=1S/C21H23N5O/c1-16-5-4-6-17(15-16)23-20-9-10-22-21(25-20)24-18-7-2-3-8-19(18)26-11-13-27-14-12-26/h2-10,15H,11-14H2,1H3,(H2,22,23,24,25). The van der Waals surface area contributed by atoms with Gasteiger partial charge in [-0.15, -0.1) is 0 Å². The molecule has 0 amide bonds. The Hall–Kier alpha value is -3.12. The number of aromatic nitrogens is 2. The third-order valence-electron chi connectivity index (χ3n) is 4.45. The molecule has 6 heteroatoms. The molecule has 0 spiro atoms. The quantitative estimate of drug-likeness (QED) is 0.713. The molecule has 2 heterocycles. The van der Waals surface area contributed by atoms with Crippen LogP contribution in [-0.4, -0.2) is 36.3 Å². The number of hydrogen-bond acceptors (Lipinski definition) is 6. The zero-order valence-corrected chi connectivity index (χ0v) is 15.4. The molecule has 1 aliphatic heterocycles. The summed E-state index contributed by atoms with van der Waals surface area (Å²) in [6, 6.07) is 18.3. The van der Waals surface area contributed by atoms with E-state index in [1.165, 1.54) is 5.56 Å². The fourth-order valence-corrected chi connectivity index (χ4v) is 3.14. The van der Waals surface area contributed by atoms with Gasteiger partial charge in [0.1, 0.15) is 5.82 Å². The van der Waals surface area contributed by atoms with Crippen LogP contribution >= 0.6 is 0 Å². The molecule has 1 fully saturated rings. The van der Waals surface area contributed by atoms with Crippen LogP contribution in [0.25, 0.3) is 0 Å². The van der Waals surface area contributed by atoms with Gasteiger partial charge in [0, 0.05) is 25.0 Å². The van der Waals surface area contributed by atoms with E-state index in [0.29, 0.717) is 5.95 Å². The third kappa shape index (κ3) is 4.35. The van der Waals surface area contributed by atoms with Crippen molar-refractivity contribution in [1.82, 2.24) is 9.97 Å². The Labute approximate surface area is 159 Å². The van der Waals surface area contributed by atoms with Crippen LogP contribution in [0, 0.1) is 6.92 Å². The molecule has 0 atom stereocenters. The lowest BCUT2D eigenvalue weighted by Gasteiger charge is -2.30. The van der Waals surface area contributed by atoms with Gasteiger partial charge in [0.2, 0.25) is 5.95 Å². The second kappa shape index (κ2) is 8.05. The lowest BCUT2D eigenvalue weighted by Crippen LogP contribution is -2.36. The van der Waals surface area contributed by atoms with Crippen molar-refractivity contribution in [2.75, 3.05) is 41.8 Å². The van der Waals surface area contributed by atoms with Gasteiger partial charge in [-0.05, 0) is 42.8 Å². The van der Waals surface area contributed by atoms with E-state index >= 15 is 0 Å². The zero-order chi connectivity index (χ0) is 18.5. The summed E-state index contributed by atoms with van der Waals surface area (Å²) in [4.78, 5) is 11.3. The Morgan fingerprint density at radius 3 is 2.67 bits per heavy atom. The number of nitrogens with one attached hydrogen (secondary N) is 2. The zero-order valence-electron chi connectivity index (χ0n) is 15.4. The van der Waals surface area contributed by atoms with Gasteiger partial charge in [0.15, 0.2) is 0 Å². The molecule has 138 valence electrons. The average molecular weight is 361 g/mol. The summed E-state index contributed by atoms with van der Waals surface area (Å²) in [5, 5.41) is 6.69. The largest absolute Gasteiger partial charge is 0.378 e. The summed E-state index contributed by atoms with van der Waals surface area (Å²) < 4.78 is 5.46. The number of anilines is 5. The van der Waals surface area contributed by atoms with E-state index in [0.717, 1.165) is 49.2 Å². The van der Waals surface area contributed by atoms with Crippen molar-refractivity contribution >= 4 is 28.8 Å². The van der Waals surface area contributed by atoms with Crippen molar-refractivity contribution in [2.45, 2.75) is 6.92 Å². The van der Waals surface area contributed by atoms with E-state index in [4.69, 9.17) is 4.74 Å². The van der Waals surface area contributed by atoms with E-state index in [9.17, 15) is 0 Å². The van der Waals surface area contributed by atoms with E-state index in [1.807, 2.05) is 30.3 Å². The number of benzene rings is 2. The number of aryl methyl sites for hydroxylation is 1. The molecule has 0 aliphatic carbocycles. The highest BCUT2D eigenvalue weighted by Crippen LogP contribution is 2.28. The number of rotatable bonds is 5. The van der Waals surface area contributed by atoms with Gasteiger partial charge >= 0.3 is 0 Å². The first kappa shape index (κ1) is 17.3. The van der Waals surface area contributed by atoms with Crippen LogP contribution in [0.15, 0.2) is 60.8 Å². The first-order chi connectivity index (χ1) is 13.3. The highest BCUT2D eigenvalue weighted by Gasteiger charge is 2.15. The Balaban J connectivity index is 1.53. The monoisotopic (exact) mass is 361 g/mol. The summed E-state index contributed by atoms with van der Waals surface area (Å²) in [7, 11) is 0. The lowest BCUT2D eigenvalue weighted by atomic mass is 10.2. The maximum atomic E-state index is 5.46. The molecular formula is C21H23N5O. The molecule has 1 aliphatic rings. The molecule has 1 saturated heterocycles. The van der Waals surface area contributed by atoms with Crippen LogP contribution in [0.3, 0.4) is 0 Å². The predicted molar refractivity (Wildman–Crippen MR) is 109 cm³/mol. The van der Waals surface area contributed by atoms with Crippen LogP contribution in [0.2, 0.25) is 0 Å². The number of hydrogen-bond donors (Lipinski definition) is 2. The minimum absolute atomic E-state index is 0.563. The van der Waals surface area contributed by atoms with Gasteiger partial charge in [-0.3, -0.25) is 0 Å². The van der Waals surface area contributed by atoms with Crippen molar-refractivity contribution in [2.24, 2.45) is 0 Å². The first-order valence-corrected chi connectivity index (χ1v) is 9.13. The minimum atomic E-state index is 0.563. The van der Waals surface area contributed by atoms with Gasteiger partial charge in [-0.2, -0.15) is 4.98 Å².